The summed E-state index contributed by atoms with van der Waals surface area (Å²) in [7, 11) is 0. The summed E-state index contributed by atoms with van der Waals surface area (Å²) in [6.45, 7) is 0. The fraction of sp³-hybridized carbons (Fsp3) is 0.214. The van der Waals surface area contributed by atoms with Crippen molar-refractivity contribution in [2.45, 2.75) is 19.3 Å². The number of allylic oxidation sites excluding steroid dienone is 3. The molecular formula is C14H15FN2O. The Morgan fingerprint density at radius 2 is 2.11 bits per heavy atom. The van der Waals surface area contributed by atoms with Crippen LogP contribution < -0.4 is 10.9 Å². The number of hydrogen-bond acceptors (Lipinski definition) is 2. The molecule has 2 rings (SSSR count). The summed E-state index contributed by atoms with van der Waals surface area (Å²) in [4.78, 5) is 11.7. The number of amides is 1. The number of nitrogens with one attached hydrogen (secondary N) is 2. The lowest BCUT2D eigenvalue weighted by molar-refractivity contribution is 0.0937. The molecule has 1 aromatic carbocycles. The zero-order chi connectivity index (χ0) is 12.8. The van der Waals surface area contributed by atoms with E-state index < -0.39 is 11.7 Å². The molecule has 0 atom stereocenters. The highest BCUT2D eigenvalue weighted by molar-refractivity contribution is 5.94. The first-order chi connectivity index (χ1) is 8.77. The molecule has 2 N–H and O–H groups in total. The normalized spacial score (nSPS) is 16.6. The summed E-state index contributed by atoms with van der Waals surface area (Å²) in [5.41, 5.74) is 6.42. The van der Waals surface area contributed by atoms with Crippen molar-refractivity contribution in [1.82, 2.24) is 10.9 Å². The molecule has 4 heteroatoms. The van der Waals surface area contributed by atoms with Crippen LogP contribution in [0, 0.1) is 5.82 Å². The topological polar surface area (TPSA) is 41.1 Å². The van der Waals surface area contributed by atoms with Crippen molar-refractivity contribution in [2.24, 2.45) is 0 Å². The summed E-state index contributed by atoms with van der Waals surface area (Å²) in [6, 6.07) is 5.89. The lowest BCUT2D eigenvalue weighted by Gasteiger charge is -2.10. The van der Waals surface area contributed by atoms with Gasteiger partial charge in [-0.25, -0.2) is 4.39 Å². The third-order valence-corrected chi connectivity index (χ3v) is 2.76. The molecule has 1 aromatic rings. The summed E-state index contributed by atoms with van der Waals surface area (Å²) >= 11 is 0. The van der Waals surface area contributed by atoms with E-state index in [-0.39, 0.29) is 5.56 Å². The van der Waals surface area contributed by atoms with Gasteiger partial charge in [0, 0.05) is 6.20 Å². The lowest BCUT2D eigenvalue weighted by Crippen LogP contribution is -2.34. The number of rotatable bonds is 3. The van der Waals surface area contributed by atoms with Gasteiger partial charge in [0.05, 0.1) is 5.56 Å². The maximum atomic E-state index is 13.3. The van der Waals surface area contributed by atoms with Gasteiger partial charge in [-0.1, -0.05) is 24.3 Å². The van der Waals surface area contributed by atoms with E-state index in [1.54, 1.807) is 18.3 Å². The van der Waals surface area contributed by atoms with E-state index in [0.29, 0.717) is 0 Å². The van der Waals surface area contributed by atoms with Gasteiger partial charge < -0.3 is 5.43 Å². The van der Waals surface area contributed by atoms with E-state index in [1.165, 1.54) is 17.7 Å². The van der Waals surface area contributed by atoms with E-state index in [9.17, 15) is 9.18 Å². The molecule has 0 saturated carbocycles. The quantitative estimate of drug-likeness (QED) is 0.636. The van der Waals surface area contributed by atoms with Crippen molar-refractivity contribution in [3.05, 3.63) is 59.6 Å². The third kappa shape index (κ3) is 3.20. The van der Waals surface area contributed by atoms with Crippen LogP contribution in [0.15, 0.2) is 48.2 Å². The van der Waals surface area contributed by atoms with Crippen LogP contribution in [-0.2, 0) is 0 Å². The van der Waals surface area contributed by atoms with Crippen molar-refractivity contribution in [1.29, 1.82) is 0 Å². The molecule has 0 aliphatic heterocycles. The van der Waals surface area contributed by atoms with E-state index in [1.807, 2.05) is 0 Å². The molecule has 94 valence electrons. The molecule has 0 saturated heterocycles. The van der Waals surface area contributed by atoms with Crippen LogP contribution in [0.1, 0.15) is 29.6 Å². The minimum Gasteiger partial charge on any atom is -0.306 e. The maximum Gasteiger partial charge on any atom is 0.272 e. The highest BCUT2D eigenvalue weighted by atomic mass is 19.1. The number of hydrogen-bond donors (Lipinski definition) is 2. The molecule has 1 aliphatic carbocycles. The van der Waals surface area contributed by atoms with Crippen LogP contribution in [0.2, 0.25) is 0 Å². The second-order valence-corrected chi connectivity index (χ2v) is 4.10. The zero-order valence-electron chi connectivity index (χ0n) is 9.95. The Labute approximate surface area is 105 Å². The van der Waals surface area contributed by atoms with Gasteiger partial charge in [0.1, 0.15) is 5.82 Å². The fourth-order valence-corrected chi connectivity index (χ4v) is 1.77. The summed E-state index contributed by atoms with van der Waals surface area (Å²) in [6.07, 6.45) is 8.89. The molecule has 1 amide bonds. The van der Waals surface area contributed by atoms with Gasteiger partial charge in [0.2, 0.25) is 0 Å². The standard InChI is InChI=1S/C14H15FN2O/c15-13-9-5-4-8-12(13)14(18)17-16-10-11-6-2-1-3-7-11/h1-2,4-5,8-10,16H,3,6-7H2,(H,17,18)/b11-10+. The van der Waals surface area contributed by atoms with Crippen LogP contribution in [0.4, 0.5) is 4.39 Å². The smallest absolute Gasteiger partial charge is 0.272 e. The molecule has 0 unspecified atom stereocenters. The van der Waals surface area contributed by atoms with E-state index in [2.05, 4.69) is 23.0 Å². The van der Waals surface area contributed by atoms with Gasteiger partial charge in [-0.05, 0) is 37.0 Å². The number of halogens is 1. The van der Waals surface area contributed by atoms with Crippen LogP contribution in [0.25, 0.3) is 0 Å². The molecule has 0 spiro atoms. The Bertz CT molecular complexity index is 494. The summed E-state index contributed by atoms with van der Waals surface area (Å²) < 4.78 is 13.3. The minimum atomic E-state index is -0.523. The first-order valence-corrected chi connectivity index (χ1v) is 5.90. The van der Waals surface area contributed by atoms with E-state index >= 15 is 0 Å². The molecular weight excluding hydrogens is 231 g/mol. The average molecular weight is 246 g/mol. The summed E-state index contributed by atoms with van der Waals surface area (Å²) in [5.74, 6) is -0.999. The van der Waals surface area contributed by atoms with Crippen molar-refractivity contribution in [2.75, 3.05) is 0 Å². The molecule has 0 fully saturated rings. The second kappa shape index (κ2) is 6.00. The van der Waals surface area contributed by atoms with Gasteiger partial charge >= 0.3 is 0 Å². The molecule has 18 heavy (non-hydrogen) atoms. The SMILES string of the molecule is O=C(NN/C=C1\CC=CCC1)c1ccccc1F. The number of benzene rings is 1. The Balaban J connectivity index is 1.89. The largest absolute Gasteiger partial charge is 0.306 e. The Hall–Kier alpha value is -2.10. The Morgan fingerprint density at radius 3 is 2.83 bits per heavy atom. The molecule has 0 heterocycles. The molecule has 1 aliphatic rings. The highest BCUT2D eigenvalue weighted by Gasteiger charge is 2.09. The number of hydrazine groups is 1. The van der Waals surface area contributed by atoms with Crippen molar-refractivity contribution in [3.63, 3.8) is 0 Å². The van der Waals surface area contributed by atoms with Gasteiger partial charge in [-0.2, -0.15) is 0 Å². The van der Waals surface area contributed by atoms with Gasteiger partial charge in [-0.15, -0.1) is 0 Å². The highest BCUT2D eigenvalue weighted by Crippen LogP contribution is 2.15. The van der Waals surface area contributed by atoms with Crippen molar-refractivity contribution < 1.29 is 9.18 Å². The number of carbonyl (C=O) groups excluding carboxylic acids is 1. The Morgan fingerprint density at radius 1 is 1.28 bits per heavy atom. The first-order valence-electron chi connectivity index (χ1n) is 5.90. The first kappa shape index (κ1) is 12.4. The van der Waals surface area contributed by atoms with Crippen molar-refractivity contribution in [3.8, 4) is 0 Å². The molecule has 3 nitrogen and oxygen atoms in total. The van der Waals surface area contributed by atoms with Crippen LogP contribution in [0.5, 0.6) is 0 Å². The zero-order valence-corrected chi connectivity index (χ0v) is 9.95. The van der Waals surface area contributed by atoms with Crippen molar-refractivity contribution >= 4 is 5.91 Å². The van der Waals surface area contributed by atoms with E-state index in [4.69, 9.17) is 0 Å². The maximum absolute atomic E-state index is 13.3. The van der Waals surface area contributed by atoms with Crippen LogP contribution >= 0.6 is 0 Å². The van der Waals surface area contributed by atoms with Crippen LogP contribution in [0.3, 0.4) is 0 Å². The van der Waals surface area contributed by atoms with Gasteiger partial charge in [0.15, 0.2) is 0 Å². The third-order valence-electron chi connectivity index (χ3n) is 2.76. The van der Waals surface area contributed by atoms with Crippen LogP contribution in [-0.4, -0.2) is 5.91 Å². The average Bonchev–Trinajstić information content (AvgIpc) is 2.40. The molecule has 0 aromatic heterocycles. The predicted molar refractivity (Wildman–Crippen MR) is 68.1 cm³/mol. The number of carbonyl (C=O) groups is 1. The minimum absolute atomic E-state index is 0.0342. The van der Waals surface area contributed by atoms with Gasteiger partial charge in [0.25, 0.3) is 5.91 Å². The predicted octanol–water partition coefficient (Wildman–Crippen LogP) is 2.68. The summed E-state index contributed by atoms with van der Waals surface area (Å²) in [5, 5.41) is 0. The Kier molecular flexibility index (Phi) is 4.12. The fourth-order valence-electron chi connectivity index (χ4n) is 1.77. The van der Waals surface area contributed by atoms with Gasteiger partial charge in [-0.3, -0.25) is 10.2 Å². The molecule has 0 radical (unpaired) electrons. The lowest BCUT2D eigenvalue weighted by atomic mass is 10.0. The second-order valence-electron chi connectivity index (χ2n) is 4.10. The molecule has 0 bridgehead atoms. The monoisotopic (exact) mass is 246 g/mol. The van der Waals surface area contributed by atoms with E-state index in [0.717, 1.165) is 19.3 Å².